The van der Waals surface area contributed by atoms with Gasteiger partial charge in [0.25, 0.3) is 0 Å². The second kappa shape index (κ2) is 7.46. The summed E-state index contributed by atoms with van der Waals surface area (Å²) < 4.78 is 23.8. The van der Waals surface area contributed by atoms with Crippen LogP contribution in [0.15, 0.2) is 65.1 Å². The van der Waals surface area contributed by atoms with Crippen LogP contribution in [0.4, 0.5) is 0 Å². The third-order valence-corrected chi connectivity index (χ3v) is 5.48. The van der Waals surface area contributed by atoms with E-state index in [2.05, 4.69) is 0 Å². The van der Waals surface area contributed by atoms with E-state index in [0.717, 1.165) is 22.2 Å². The van der Waals surface area contributed by atoms with Crippen LogP contribution in [0.3, 0.4) is 0 Å². The highest BCUT2D eigenvalue weighted by Crippen LogP contribution is 2.40. The summed E-state index contributed by atoms with van der Waals surface area (Å²) in [7, 11) is 3.55. The Balaban J connectivity index is 1.49. The highest BCUT2D eigenvalue weighted by molar-refractivity contribution is 6.15. The Kier molecular flexibility index (Phi) is 4.59. The minimum atomic E-state index is -0.622. The number of fused-ring (bicyclic) bond motifs is 2. The van der Waals surface area contributed by atoms with Gasteiger partial charge >= 0.3 is 5.97 Å². The molecule has 5 rings (SSSR count). The summed E-state index contributed by atoms with van der Waals surface area (Å²) in [6.07, 6.45) is 5.05. The van der Waals surface area contributed by atoms with Gasteiger partial charge in [-0.3, -0.25) is 4.79 Å². The number of ketones is 1. The molecule has 0 radical (unpaired) electrons. The van der Waals surface area contributed by atoms with E-state index in [1.807, 2.05) is 36.0 Å². The van der Waals surface area contributed by atoms with Crippen LogP contribution in [-0.2, 0) is 7.05 Å². The van der Waals surface area contributed by atoms with Crippen LogP contribution in [0.2, 0.25) is 0 Å². The van der Waals surface area contributed by atoms with Gasteiger partial charge in [-0.25, -0.2) is 4.79 Å². The van der Waals surface area contributed by atoms with Gasteiger partial charge in [0.2, 0.25) is 11.5 Å². The predicted molar refractivity (Wildman–Crippen MR) is 117 cm³/mol. The SMILES string of the molecule is COc1ccc2c(c1)c(C=C1Oc3c(ccc(OC(=O)c4ccco4)c3C)C1=O)cn2C. The Morgan fingerprint density at radius 2 is 2.00 bits per heavy atom. The van der Waals surface area contributed by atoms with Crippen molar-refractivity contribution in [3.05, 3.63) is 83.1 Å². The van der Waals surface area contributed by atoms with Gasteiger partial charge in [-0.05, 0) is 55.5 Å². The maximum Gasteiger partial charge on any atom is 0.379 e. The van der Waals surface area contributed by atoms with Crippen LogP contribution in [0.5, 0.6) is 17.2 Å². The van der Waals surface area contributed by atoms with Gasteiger partial charge in [0.15, 0.2) is 5.76 Å². The molecule has 3 heterocycles. The summed E-state index contributed by atoms with van der Waals surface area (Å²) in [5, 5.41) is 0.941. The summed E-state index contributed by atoms with van der Waals surface area (Å²) in [4.78, 5) is 25.2. The Labute approximate surface area is 183 Å². The third kappa shape index (κ3) is 3.15. The molecule has 2 aromatic carbocycles. The van der Waals surface area contributed by atoms with Crippen molar-refractivity contribution >= 4 is 28.7 Å². The average Bonchev–Trinajstić information content (AvgIpc) is 3.51. The predicted octanol–water partition coefficient (Wildman–Crippen LogP) is 4.92. The topological polar surface area (TPSA) is 79.9 Å². The summed E-state index contributed by atoms with van der Waals surface area (Å²) in [6.45, 7) is 1.74. The van der Waals surface area contributed by atoms with E-state index < -0.39 is 5.97 Å². The molecule has 0 unspecified atom stereocenters. The van der Waals surface area contributed by atoms with E-state index in [4.69, 9.17) is 18.6 Å². The summed E-state index contributed by atoms with van der Waals surface area (Å²) in [5.74, 6) is 0.846. The molecule has 0 saturated carbocycles. The molecule has 0 N–H and O–H groups in total. The Morgan fingerprint density at radius 1 is 1.16 bits per heavy atom. The van der Waals surface area contributed by atoms with Crippen molar-refractivity contribution in [2.75, 3.05) is 7.11 Å². The van der Waals surface area contributed by atoms with Gasteiger partial charge in [0, 0.05) is 35.3 Å². The maximum absolute atomic E-state index is 13.0. The second-order valence-electron chi connectivity index (χ2n) is 7.45. The number of allylic oxidation sites excluding steroid dienone is 1. The van der Waals surface area contributed by atoms with Gasteiger partial charge < -0.3 is 23.2 Å². The summed E-state index contributed by atoms with van der Waals surface area (Å²) in [5.41, 5.74) is 2.81. The number of ether oxygens (including phenoxy) is 3. The van der Waals surface area contributed by atoms with Crippen molar-refractivity contribution < 1.29 is 28.2 Å². The van der Waals surface area contributed by atoms with Crippen molar-refractivity contribution in [2.24, 2.45) is 7.05 Å². The Morgan fingerprint density at radius 3 is 2.75 bits per heavy atom. The molecule has 0 fully saturated rings. The average molecular weight is 429 g/mol. The van der Waals surface area contributed by atoms with Crippen molar-refractivity contribution in [1.82, 2.24) is 4.57 Å². The first-order valence-corrected chi connectivity index (χ1v) is 9.93. The van der Waals surface area contributed by atoms with Crippen LogP contribution in [0, 0.1) is 6.92 Å². The summed E-state index contributed by atoms with van der Waals surface area (Å²) >= 11 is 0. The number of carbonyl (C=O) groups excluding carboxylic acids is 2. The first kappa shape index (κ1) is 19.7. The molecule has 160 valence electrons. The quantitative estimate of drug-likeness (QED) is 0.260. The minimum Gasteiger partial charge on any atom is -0.497 e. The van der Waals surface area contributed by atoms with Crippen molar-refractivity contribution in [2.45, 2.75) is 6.92 Å². The summed E-state index contributed by atoms with van der Waals surface area (Å²) in [6, 6.07) is 12.1. The maximum atomic E-state index is 13.0. The molecule has 0 spiro atoms. The standard InChI is InChI=1S/C25H19NO6/c1-14-20(32-25(28)21-5-4-10-30-21)9-7-17-23(27)22(31-24(14)17)11-15-13-26(2)19-8-6-16(29-3)12-18(15)19/h4-13H,1-3H3. The fraction of sp³-hybridized carbons (Fsp3) is 0.120. The molecule has 0 saturated heterocycles. The number of Topliss-reactive ketones (excluding diaryl/α,β-unsaturated/α-hetero) is 1. The molecule has 1 aliphatic rings. The van der Waals surface area contributed by atoms with E-state index in [1.54, 1.807) is 38.3 Å². The zero-order chi connectivity index (χ0) is 22.4. The van der Waals surface area contributed by atoms with Gasteiger partial charge in [-0.1, -0.05) is 0 Å². The normalized spacial score (nSPS) is 14.0. The first-order valence-electron chi connectivity index (χ1n) is 9.93. The second-order valence-corrected chi connectivity index (χ2v) is 7.45. The molecule has 2 aromatic heterocycles. The van der Waals surface area contributed by atoms with Crippen molar-refractivity contribution in [3.8, 4) is 17.2 Å². The van der Waals surface area contributed by atoms with Crippen molar-refractivity contribution in [3.63, 3.8) is 0 Å². The Hall–Kier alpha value is -4.26. The largest absolute Gasteiger partial charge is 0.497 e. The van der Waals surface area contributed by atoms with E-state index >= 15 is 0 Å². The number of benzene rings is 2. The fourth-order valence-electron chi connectivity index (χ4n) is 3.81. The number of esters is 1. The van der Waals surface area contributed by atoms with Gasteiger partial charge in [0.1, 0.15) is 17.2 Å². The number of aromatic nitrogens is 1. The zero-order valence-electron chi connectivity index (χ0n) is 17.7. The minimum absolute atomic E-state index is 0.0915. The van der Waals surface area contributed by atoms with Crippen LogP contribution < -0.4 is 14.2 Å². The molecule has 0 bridgehead atoms. The lowest BCUT2D eigenvalue weighted by Gasteiger charge is -2.09. The molecule has 7 heteroatoms. The van der Waals surface area contributed by atoms with Crippen LogP contribution in [0.25, 0.3) is 17.0 Å². The lowest BCUT2D eigenvalue weighted by atomic mass is 10.1. The smallest absolute Gasteiger partial charge is 0.379 e. The number of aryl methyl sites for hydroxylation is 1. The molecule has 0 atom stereocenters. The highest BCUT2D eigenvalue weighted by Gasteiger charge is 2.31. The number of nitrogens with zero attached hydrogens (tertiary/aromatic N) is 1. The number of carbonyl (C=O) groups is 2. The molecular formula is C25H19NO6. The molecule has 1 aliphatic heterocycles. The third-order valence-electron chi connectivity index (χ3n) is 5.48. The first-order chi connectivity index (χ1) is 15.5. The molecular weight excluding hydrogens is 410 g/mol. The molecule has 4 aromatic rings. The van der Waals surface area contributed by atoms with E-state index in [0.29, 0.717) is 22.6 Å². The van der Waals surface area contributed by atoms with Crippen molar-refractivity contribution in [1.29, 1.82) is 0 Å². The lowest BCUT2D eigenvalue weighted by Crippen LogP contribution is -2.08. The van der Waals surface area contributed by atoms with Crippen LogP contribution >= 0.6 is 0 Å². The number of hydrogen-bond acceptors (Lipinski definition) is 6. The van der Waals surface area contributed by atoms with E-state index in [9.17, 15) is 9.59 Å². The molecule has 7 nitrogen and oxygen atoms in total. The number of hydrogen-bond donors (Lipinski definition) is 0. The van der Waals surface area contributed by atoms with E-state index in [-0.39, 0.29) is 17.3 Å². The van der Waals surface area contributed by atoms with Gasteiger partial charge in [0.05, 0.1) is 18.9 Å². The zero-order valence-corrected chi connectivity index (χ0v) is 17.7. The molecule has 0 amide bonds. The number of furan rings is 1. The lowest BCUT2D eigenvalue weighted by molar-refractivity contribution is 0.0699. The monoisotopic (exact) mass is 429 g/mol. The molecule has 32 heavy (non-hydrogen) atoms. The highest BCUT2D eigenvalue weighted by atomic mass is 16.5. The number of rotatable bonds is 4. The van der Waals surface area contributed by atoms with Gasteiger partial charge in [-0.15, -0.1) is 0 Å². The Bertz CT molecular complexity index is 1410. The van der Waals surface area contributed by atoms with E-state index in [1.165, 1.54) is 12.3 Å². The van der Waals surface area contributed by atoms with Crippen LogP contribution in [0.1, 0.15) is 32.0 Å². The number of methoxy groups -OCH3 is 1. The van der Waals surface area contributed by atoms with Crippen LogP contribution in [-0.4, -0.2) is 23.4 Å². The van der Waals surface area contributed by atoms with Gasteiger partial charge in [-0.2, -0.15) is 0 Å². The fourth-order valence-corrected chi connectivity index (χ4v) is 3.81. The molecule has 0 aliphatic carbocycles.